The first-order valence-corrected chi connectivity index (χ1v) is 7.70. The molecule has 1 amide bonds. The lowest BCUT2D eigenvalue weighted by atomic mass is 10.1. The summed E-state index contributed by atoms with van der Waals surface area (Å²) in [6.07, 6.45) is 0.924. The van der Waals surface area contributed by atoms with Gasteiger partial charge >= 0.3 is 0 Å². The fraction of sp³-hybridized carbons (Fsp3) is 0.235. The molecule has 110 valence electrons. The minimum Gasteiger partial charge on any atom is -0.491 e. The van der Waals surface area contributed by atoms with E-state index in [0.29, 0.717) is 23.6 Å². The minimum absolute atomic E-state index is 0.146. The van der Waals surface area contributed by atoms with Gasteiger partial charge in [-0.3, -0.25) is 4.79 Å². The average molecular weight is 348 g/mol. The van der Waals surface area contributed by atoms with Gasteiger partial charge in [-0.1, -0.05) is 35.0 Å². The molecule has 0 heterocycles. The monoisotopic (exact) mass is 347 g/mol. The van der Waals surface area contributed by atoms with Gasteiger partial charge in [0, 0.05) is 10.0 Å². The lowest BCUT2D eigenvalue weighted by Gasteiger charge is -2.12. The first kappa shape index (κ1) is 15.6. The number of ether oxygens (including phenoxy) is 1. The van der Waals surface area contributed by atoms with Crippen molar-refractivity contribution in [2.75, 3.05) is 11.9 Å². The molecule has 0 saturated heterocycles. The summed E-state index contributed by atoms with van der Waals surface area (Å²) >= 11 is 3.41. The van der Waals surface area contributed by atoms with Crippen molar-refractivity contribution >= 4 is 27.5 Å². The zero-order valence-electron chi connectivity index (χ0n) is 12.2. The molecular weight excluding hydrogens is 330 g/mol. The Labute approximate surface area is 133 Å². The Hall–Kier alpha value is -1.81. The van der Waals surface area contributed by atoms with Crippen LogP contribution in [0.1, 0.15) is 29.3 Å². The van der Waals surface area contributed by atoms with E-state index in [1.807, 2.05) is 50.2 Å². The van der Waals surface area contributed by atoms with Crippen LogP contribution in [0.4, 0.5) is 5.69 Å². The van der Waals surface area contributed by atoms with E-state index in [2.05, 4.69) is 21.2 Å². The van der Waals surface area contributed by atoms with Gasteiger partial charge in [0.15, 0.2) is 0 Å². The minimum atomic E-state index is -0.146. The highest BCUT2D eigenvalue weighted by molar-refractivity contribution is 9.10. The number of para-hydroxylation sites is 2. The van der Waals surface area contributed by atoms with E-state index in [-0.39, 0.29) is 5.91 Å². The predicted octanol–water partition coefficient (Wildman–Crippen LogP) is 4.80. The van der Waals surface area contributed by atoms with Crippen LogP contribution in [0.15, 0.2) is 46.9 Å². The molecule has 2 aromatic carbocycles. The number of nitrogens with one attached hydrogen (secondary N) is 1. The van der Waals surface area contributed by atoms with Crippen molar-refractivity contribution in [2.45, 2.75) is 20.3 Å². The molecule has 3 nitrogen and oxygen atoms in total. The molecule has 1 N–H and O–H groups in total. The van der Waals surface area contributed by atoms with E-state index < -0.39 is 0 Å². The molecule has 0 saturated carbocycles. The number of amides is 1. The van der Waals surface area contributed by atoms with Crippen LogP contribution in [0.3, 0.4) is 0 Å². The molecule has 21 heavy (non-hydrogen) atoms. The maximum atomic E-state index is 12.4. The summed E-state index contributed by atoms with van der Waals surface area (Å²) in [5.74, 6) is 0.548. The second-order valence-electron chi connectivity index (χ2n) is 4.82. The largest absolute Gasteiger partial charge is 0.491 e. The number of anilines is 1. The number of carbonyl (C=O) groups is 1. The molecule has 0 spiro atoms. The molecule has 4 heteroatoms. The van der Waals surface area contributed by atoms with E-state index in [0.717, 1.165) is 16.5 Å². The van der Waals surface area contributed by atoms with E-state index in [4.69, 9.17) is 4.74 Å². The van der Waals surface area contributed by atoms with Crippen LogP contribution in [0.25, 0.3) is 0 Å². The van der Waals surface area contributed by atoms with Crippen molar-refractivity contribution in [2.24, 2.45) is 0 Å². The maximum absolute atomic E-state index is 12.4. The molecule has 0 atom stereocenters. The van der Waals surface area contributed by atoms with Crippen LogP contribution in [-0.2, 0) is 0 Å². The SMILES string of the molecule is CCCOc1ccccc1NC(=O)c1cc(C)cc(Br)c1. The van der Waals surface area contributed by atoms with Gasteiger partial charge in [0.2, 0.25) is 0 Å². The van der Waals surface area contributed by atoms with Crippen LogP contribution in [0.2, 0.25) is 0 Å². The number of hydrogen-bond acceptors (Lipinski definition) is 2. The van der Waals surface area contributed by atoms with E-state index in [9.17, 15) is 4.79 Å². The van der Waals surface area contributed by atoms with Crippen molar-refractivity contribution in [1.29, 1.82) is 0 Å². The highest BCUT2D eigenvalue weighted by Gasteiger charge is 2.10. The number of carbonyl (C=O) groups excluding carboxylic acids is 1. The summed E-state index contributed by atoms with van der Waals surface area (Å²) in [6, 6.07) is 13.1. The number of halogens is 1. The van der Waals surface area contributed by atoms with Crippen LogP contribution >= 0.6 is 15.9 Å². The average Bonchev–Trinajstić information content (AvgIpc) is 2.45. The summed E-state index contributed by atoms with van der Waals surface area (Å²) in [5, 5.41) is 2.91. The van der Waals surface area contributed by atoms with Gasteiger partial charge < -0.3 is 10.1 Å². The lowest BCUT2D eigenvalue weighted by molar-refractivity contribution is 0.102. The molecule has 2 rings (SSSR count). The van der Waals surface area contributed by atoms with E-state index in [1.165, 1.54) is 0 Å². The molecule has 0 unspecified atom stereocenters. The first-order chi connectivity index (χ1) is 10.1. The highest BCUT2D eigenvalue weighted by Crippen LogP contribution is 2.25. The molecule has 0 aromatic heterocycles. The standard InChI is InChI=1S/C17H18BrNO2/c1-3-8-21-16-7-5-4-6-15(16)19-17(20)13-9-12(2)10-14(18)11-13/h4-7,9-11H,3,8H2,1-2H3,(H,19,20). The second-order valence-corrected chi connectivity index (χ2v) is 5.73. The molecule has 0 aliphatic carbocycles. The van der Waals surface area contributed by atoms with Crippen molar-refractivity contribution in [3.05, 3.63) is 58.1 Å². The molecule has 0 aliphatic rings. The van der Waals surface area contributed by atoms with Crippen LogP contribution in [0, 0.1) is 6.92 Å². The number of rotatable bonds is 5. The van der Waals surface area contributed by atoms with Crippen LogP contribution in [-0.4, -0.2) is 12.5 Å². The summed E-state index contributed by atoms with van der Waals surface area (Å²) in [5.41, 5.74) is 2.34. The van der Waals surface area contributed by atoms with Gasteiger partial charge in [-0.15, -0.1) is 0 Å². The highest BCUT2D eigenvalue weighted by atomic mass is 79.9. The Bertz CT molecular complexity index is 620. The van der Waals surface area contributed by atoms with E-state index >= 15 is 0 Å². The summed E-state index contributed by atoms with van der Waals surface area (Å²) < 4.78 is 6.54. The number of aryl methyl sites for hydroxylation is 1. The van der Waals surface area contributed by atoms with Crippen molar-refractivity contribution in [1.82, 2.24) is 0 Å². The van der Waals surface area contributed by atoms with Gasteiger partial charge in [0.05, 0.1) is 12.3 Å². The maximum Gasteiger partial charge on any atom is 0.255 e. The molecule has 0 radical (unpaired) electrons. The van der Waals surface area contributed by atoms with Crippen molar-refractivity contribution in [3.63, 3.8) is 0 Å². The quantitative estimate of drug-likeness (QED) is 0.843. The smallest absolute Gasteiger partial charge is 0.255 e. The predicted molar refractivity (Wildman–Crippen MR) is 89.1 cm³/mol. The van der Waals surface area contributed by atoms with Gasteiger partial charge in [-0.05, 0) is 49.2 Å². The Balaban J connectivity index is 2.19. The first-order valence-electron chi connectivity index (χ1n) is 6.90. The third-order valence-electron chi connectivity index (χ3n) is 2.90. The lowest BCUT2D eigenvalue weighted by Crippen LogP contribution is -2.13. The molecule has 0 aliphatic heterocycles. The van der Waals surface area contributed by atoms with Gasteiger partial charge in [-0.2, -0.15) is 0 Å². The Morgan fingerprint density at radius 1 is 1.24 bits per heavy atom. The summed E-state index contributed by atoms with van der Waals surface area (Å²) in [6.45, 7) is 4.63. The fourth-order valence-corrected chi connectivity index (χ4v) is 2.58. The van der Waals surface area contributed by atoms with E-state index in [1.54, 1.807) is 6.07 Å². The third-order valence-corrected chi connectivity index (χ3v) is 3.36. The number of benzene rings is 2. The number of hydrogen-bond donors (Lipinski definition) is 1. The van der Waals surface area contributed by atoms with Crippen LogP contribution in [0.5, 0.6) is 5.75 Å². The molecule has 0 fully saturated rings. The summed E-state index contributed by atoms with van der Waals surface area (Å²) in [4.78, 5) is 12.4. The Morgan fingerprint density at radius 3 is 2.71 bits per heavy atom. The zero-order valence-corrected chi connectivity index (χ0v) is 13.7. The van der Waals surface area contributed by atoms with Crippen molar-refractivity contribution < 1.29 is 9.53 Å². The van der Waals surface area contributed by atoms with Gasteiger partial charge in [0.25, 0.3) is 5.91 Å². The van der Waals surface area contributed by atoms with Gasteiger partial charge in [0.1, 0.15) is 5.75 Å². The molecule has 0 bridgehead atoms. The fourth-order valence-electron chi connectivity index (χ4n) is 1.97. The second kappa shape index (κ2) is 7.27. The molecule has 2 aromatic rings. The Kier molecular flexibility index (Phi) is 5.39. The Morgan fingerprint density at radius 2 is 2.00 bits per heavy atom. The zero-order chi connectivity index (χ0) is 15.2. The molecular formula is C17H18BrNO2. The topological polar surface area (TPSA) is 38.3 Å². The van der Waals surface area contributed by atoms with Crippen molar-refractivity contribution in [3.8, 4) is 5.75 Å². The van der Waals surface area contributed by atoms with Crippen LogP contribution < -0.4 is 10.1 Å². The summed E-state index contributed by atoms with van der Waals surface area (Å²) in [7, 11) is 0. The normalized spacial score (nSPS) is 10.2. The third kappa shape index (κ3) is 4.33. The van der Waals surface area contributed by atoms with Gasteiger partial charge in [-0.25, -0.2) is 0 Å².